The van der Waals surface area contributed by atoms with Crippen LogP contribution in [0.1, 0.15) is 23.0 Å². The number of pyridine rings is 1. The standard InChI is InChI=1S/C15H19N3S/c1-12-3-2-4-14(17-12)15(13-5-10-19-11-13)18-8-6-16-7-9-18/h2-5,10-11,15-16H,6-9H2,1H3. The third-order valence-electron chi connectivity index (χ3n) is 3.57. The summed E-state index contributed by atoms with van der Waals surface area (Å²) in [5, 5.41) is 7.82. The minimum Gasteiger partial charge on any atom is -0.314 e. The van der Waals surface area contributed by atoms with E-state index in [1.54, 1.807) is 11.3 Å². The van der Waals surface area contributed by atoms with Crippen LogP contribution in [0.25, 0.3) is 0 Å². The van der Waals surface area contributed by atoms with Crippen LogP contribution in [0.15, 0.2) is 35.0 Å². The van der Waals surface area contributed by atoms with E-state index in [-0.39, 0.29) is 0 Å². The topological polar surface area (TPSA) is 28.2 Å². The summed E-state index contributed by atoms with van der Waals surface area (Å²) in [6.07, 6.45) is 0. The van der Waals surface area contributed by atoms with Gasteiger partial charge in [-0.3, -0.25) is 9.88 Å². The van der Waals surface area contributed by atoms with Crippen LogP contribution in [0.2, 0.25) is 0 Å². The first-order valence-corrected chi connectivity index (χ1v) is 7.69. The molecule has 0 aliphatic carbocycles. The molecule has 0 radical (unpaired) electrons. The van der Waals surface area contributed by atoms with Gasteiger partial charge in [0.25, 0.3) is 0 Å². The number of hydrogen-bond donors (Lipinski definition) is 1. The van der Waals surface area contributed by atoms with Crippen molar-refractivity contribution in [3.05, 3.63) is 52.0 Å². The Hall–Kier alpha value is -1.23. The molecule has 1 aliphatic rings. The van der Waals surface area contributed by atoms with Gasteiger partial charge in [-0.2, -0.15) is 11.3 Å². The lowest BCUT2D eigenvalue weighted by Crippen LogP contribution is -2.45. The van der Waals surface area contributed by atoms with Crippen molar-refractivity contribution >= 4 is 11.3 Å². The Balaban J connectivity index is 1.96. The van der Waals surface area contributed by atoms with Crippen molar-refractivity contribution in [2.24, 2.45) is 0 Å². The van der Waals surface area contributed by atoms with Gasteiger partial charge in [0.2, 0.25) is 0 Å². The van der Waals surface area contributed by atoms with Crippen molar-refractivity contribution in [2.45, 2.75) is 13.0 Å². The van der Waals surface area contributed by atoms with Gasteiger partial charge in [-0.05, 0) is 41.4 Å². The molecular weight excluding hydrogens is 254 g/mol. The normalized spacial score (nSPS) is 18.4. The number of aromatic nitrogens is 1. The van der Waals surface area contributed by atoms with Crippen molar-refractivity contribution in [1.29, 1.82) is 0 Å². The van der Waals surface area contributed by atoms with Crippen LogP contribution < -0.4 is 5.32 Å². The summed E-state index contributed by atoms with van der Waals surface area (Å²) in [7, 11) is 0. The second-order valence-electron chi connectivity index (χ2n) is 4.95. The third-order valence-corrected chi connectivity index (χ3v) is 4.27. The first-order chi connectivity index (χ1) is 9.34. The van der Waals surface area contributed by atoms with Crippen LogP contribution in [-0.2, 0) is 0 Å². The minimum atomic E-state index is 0.299. The van der Waals surface area contributed by atoms with Gasteiger partial charge in [0.1, 0.15) is 0 Å². The smallest absolute Gasteiger partial charge is 0.0785 e. The molecule has 1 fully saturated rings. The maximum Gasteiger partial charge on any atom is 0.0785 e. The summed E-state index contributed by atoms with van der Waals surface area (Å²) in [6, 6.07) is 8.84. The number of piperazine rings is 1. The molecule has 1 saturated heterocycles. The van der Waals surface area contributed by atoms with E-state index in [0.29, 0.717) is 6.04 Å². The van der Waals surface area contributed by atoms with Gasteiger partial charge in [-0.1, -0.05) is 6.07 Å². The van der Waals surface area contributed by atoms with E-state index in [0.717, 1.165) is 31.9 Å². The molecule has 1 aliphatic heterocycles. The van der Waals surface area contributed by atoms with Gasteiger partial charge in [0, 0.05) is 31.9 Å². The van der Waals surface area contributed by atoms with Crippen molar-refractivity contribution in [3.63, 3.8) is 0 Å². The van der Waals surface area contributed by atoms with E-state index < -0.39 is 0 Å². The fourth-order valence-electron chi connectivity index (χ4n) is 2.66. The van der Waals surface area contributed by atoms with Crippen LogP contribution in [0.5, 0.6) is 0 Å². The second-order valence-corrected chi connectivity index (χ2v) is 5.73. The van der Waals surface area contributed by atoms with E-state index >= 15 is 0 Å². The lowest BCUT2D eigenvalue weighted by molar-refractivity contribution is 0.196. The van der Waals surface area contributed by atoms with E-state index in [2.05, 4.69) is 52.2 Å². The summed E-state index contributed by atoms with van der Waals surface area (Å²) in [4.78, 5) is 7.28. The predicted molar refractivity (Wildman–Crippen MR) is 79.6 cm³/mol. The van der Waals surface area contributed by atoms with Gasteiger partial charge in [0.05, 0.1) is 11.7 Å². The third kappa shape index (κ3) is 2.86. The van der Waals surface area contributed by atoms with Crippen molar-refractivity contribution in [1.82, 2.24) is 15.2 Å². The van der Waals surface area contributed by atoms with Gasteiger partial charge >= 0.3 is 0 Å². The largest absolute Gasteiger partial charge is 0.314 e. The molecule has 3 nitrogen and oxygen atoms in total. The molecule has 0 bridgehead atoms. The van der Waals surface area contributed by atoms with Crippen molar-refractivity contribution in [2.75, 3.05) is 26.2 Å². The van der Waals surface area contributed by atoms with Gasteiger partial charge in [-0.25, -0.2) is 0 Å². The summed E-state index contributed by atoms with van der Waals surface area (Å²) >= 11 is 1.76. The molecule has 1 atom stereocenters. The van der Waals surface area contributed by atoms with Gasteiger partial charge in [0.15, 0.2) is 0 Å². The molecule has 1 N–H and O–H groups in total. The summed E-state index contributed by atoms with van der Waals surface area (Å²) < 4.78 is 0. The molecule has 4 heteroatoms. The Morgan fingerprint density at radius 1 is 1.26 bits per heavy atom. The molecule has 100 valence electrons. The van der Waals surface area contributed by atoms with Crippen molar-refractivity contribution < 1.29 is 0 Å². The molecule has 1 unspecified atom stereocenters. The number of thiophene rings is 1. The lowest BCUT2D eigenvalue weighted by Gasteiger charge is -2.34. The summed E-state index contributed by atoms with van der Waals surface area (Å²) in [5.41, 5.74) is 3.62. The highest BCUT2D eigenvalue weighted by atomic mass is 32.1. The predicted octanol–water partition coefficient (Wildman–Crippen LogP) is 2.45. The molecule has 0 spiro atoms. The summed E-state index contributed by atoms with van der Waals surface area (Å²) in [5.74, 6) is 0. The highest BCUT2D eigenvalue weighted by Gasteiger charge is 2.25. The maximum atomic E-state index is 4.75. The fourth-order valence-corrected chi connectivity index (χ4v) is 3.33. The highest BCUT2D eigenvalue weighted by molar-refractivity contribution is 7.08. The Labute approximate surface area is 118 Å². The van der Waals surface area contributed by atoms with E-state index in [1.807, 2.05) is 0 Å². The average molecular weight is 273 g/mol. The Kier molecular flexibility index (Phi) is 3.92. The number of nitrogens with one attached hydrogen (secondary N) is 1. The summed E-state index contributed by atoms with van der Waals surface area (Å²) in [6.45, 7) is 6.34. The molecule has 3 rings (SSSR count). The zero-order valence-corrected chi connectivity index (χ0v) is 12.0. The molecule has 19 heavy (non-hydrogen) atoms. The molecule has 0 amide bonds. The average Bonchev–Trinajstić information content (AvgIpc) is 2.94. The van der Waals surface area contributed by atoms with E-state index in [9.17, 15) is 0 Å². The molecule has 2 aromatic heterocycles. The first-order valence-electron chi connectivity index (χ1n) is 6.75. The van der Waals surface area contributed by atoms with Crippen LogP contribution in [-0.4, -0.2) is 36.1 Å². The van der Waals surface area contributed by atoms with Gasteiger partial charge in [-0.15, -0.1) is 0 Å². The number of aryl methyl sites for hydroxylation is 1. The number of nitrogens with zero attached hydrogens (tertiary/aromatic N) is 2. The van der Waals surface area contributed by atoms with Crippen LogP contribution in [0, 0.1) is 6.92 Å². The molecule has 0 saturated carbocycles. The minimum absolute atomic E-state index is 0.299. The highest BCUT2D eigenvalue weighted by Crippen LogP contribution is 2.29. The number of hydrogen-bond acceptors (Lipinski definition) is 4. The van der Waals surface area contributed by atoms with Crippen LogP contribution >= 0.6 is 11.3 Å². The number of rotatable bonds is 3. The van der Waals surface area contributed by atoms with Crippen molar-refractivity contribution in [3.8, 4) is 0 Å². The van der Waals surface area contributed by atoms with Crippen LogP contribution in [0.3, 0.4) is 0 Å². The quantitative estimate of drug-likeness (QED) is 0.931. The first kappa shape index (κ1) is 12.8. The Bertz CT molecular complexity index is 518. The maximum absolute atomic E-state index is 4.75. The molecular formula is C15H19N3S. The van der Waals surface area contributed by atoms with Crippen LogP contribution in [0.4, 0.5) is 0 Å². The zero-order valence-electron chi connectivity index (χ0n) is 11.2. The molecule has 3 heterocycles. The Morgan fingerprint density at radius 3 is 2.79 bits per heavy atom. The second kappa shape index (κ2) is 5.82. The van der Waals surface area contributed by atoms with E-state index in [4.69, 9.17) is 4.98 Å². The lowest BCUT2D eigenvalue weighted by atomic mass is 10.0. The Morgan fingerprint density at radius 2 is 2.11 bits per heavy atom. The monoisotopic (exact) mass is 273 g/mol. The fraction of sp³-hybridized carbons (Fsp3) is 0.400. The molecule has 2 aromatic rings. The van der Waals surface area contributed by atoms with Gasteiger partial charge < -0.3 is 5.32 Å². The SMILES string of the molecule is Cc1cccc(C(c2ccsc2)N2CCNCC2)n1. The zero-order chi connectivity index (χ0) is 13.1. The molecule has 0 aromatic carbocycles. The van der Waals surface area contributed by atoms with E-state index in [1.165, 1.54) is 11.3 Å².